The van der Waals surface area contributed by atoms with Gasteiger partial charge in [0.25, 0.3) is 0 Å². The van der Waals surface area contributed by atoms with Gasteiger partial charge in [-0.25, -0.2) is 10.2 Å². The number of para-hydroxylation sites is 1. The fraction of sp³-hybridized carbons (Fsp3) is 0.294. The summed E-state index contributed by atoms with van der Waals surface area (Å²) >= 11 is 0. The van der Waals surface area contributed by atoms with E-state index in [9.17, 15) is 4.79 Å². The van der Waals surface area contributed by atoms with Crippen LogP contribution in [0.1, 0.15) is 26.7 Å². The third-order valence-corrected chi connectivity index (χ3v) is 3.62. The molecule has 1 aliphatic rings. The van der Waals surface area contributed by atoms with Crippen LogP contribution in [0.15, 0.2) is 59.2 Å². The van der Waals surface area contributed by atoms with E-state index in [1.54, 1.807) is 0 Å². The van der Waals surface area contributed by atoms with Gasteiger partial charge < -0.3 is 5.32 Å². The summed E-state index contributed by atoms with van der Waals surface area (Å²) in [5.74, 6) is 0.409. The van der Waals surface area contributed by atoms with Crippen molar-refractivity contribution in [1.82, 2.24) is 5.43 Å². The third kappa shape index (κ3) is 4.31. The van der Waals surface area contributed by atoms with Crippen LogP contribution >= 0.6 is 0 Å². The number of hydrogen-bond donors (Lipinski definition) is 2. The summed E-state index contributed by atoms with van der Waals surface area (Å²) in [6.07, 6.45) is 3.97. The first-order chi connectivity index (χ1) is 10.1. The van der Waals surface area contributed by atoms with Crippen LogP contribution in [0, 0.1) is 5.92 Å². The summed E-state index contributed by atoms with van der Waals surface area (Å²) in [5.41, 5.74) is 6.49. The Kier molecular flexibility index (Phi) is 4.93. The minimum atomic E-state index is -0.334. The van der Waals surface area contributed by atoms with Crippen LogP contribution in [0.2, 0.25) is 0 Å². The lowest BCUT2D eigenvalue weighted by Gasteiger charge is -2.22. The molecule has 0 aromatic heterocycles. The average Bonchev–Trinajstić information content (AvgIpc) is 2.47. The number of benzene rings is 1. The molecule has 1 unspecified atom stereocenters. The van der Waals surface area contributed by atoms with Crippen LogP contribution in [0.25, 0.3) is 0 Å². The van der Waals surface area contributed by atoms with Gasteiger partial charge in [0.15, 0.2) is 0 Å². The van der Waals surface area contributed by atoms with E-state index < -0.39 is 0 Å². The molecule has 1 aliphatic carbocycles. The smallest absolute Gasteiger partial charge is 0.307 e. The van der Waals surface area contributed by atoms with Crippen molar-refractivity contribution in [3.63, 3.8) is 0 Å². The zero-order chi connectivity index (χ0) is 15.2. The van der Waals surface area contributed by atoms with Crippen molar-refractivity contribution in [2.45, 2.75) is 26.7 Å². The number of rotatable bonds is 3. The highest BCUT2D eigenvalue weighted by Gasteiger charge is 2.18. The molecule has 2 amide bonds. The molecule has 0 bridgehead atoms. The van der Waals surface area contributed by atoms with Crippen molar-refractivity contribution in [2.24, 2.45) is 11.0 Å². The Hall–Kier alpha value is -2.36. The van der Waals surface area contributed by atoms with Gasteiger partial charge in [-0.15, -0.1) is 0 Å². The minimum Gasteiger partial charge on any atom is -0.307 e. The number of nitrogens with one attached hydrogen (secondary N) is 2. The molecule has 0 saturated carbocycles. The third-order valence-electron chi connectivity index (χ3n) is 3.62. The first-order valence-electron chi connectivity index (χ1n) is 7.07. The number of urea groups is 1. The Morgan fingerprint density at radius 3 is 2.71 bits per heavy atom. The van der Waals surface area contributed by atoms with Crippen molar-refractivity contribution < 1.29 is 4.79 Å². The van der Waals surface area contributed by atoms with E-state index >= 15 is 0 Å². The zero-order valence-electron chi connectivity index (χ0n) is 12.5. The summed E-state index contributed by atoms with van der Waals surface area (Å²) in [4.78, 5) is 11.8. The van der Waals surface area contributed by atoms with Crippen LogP contribution in [0.5, 0.6) is 0 Å². The van der Waals surface area contributed by atoms with E-state index in [0.29, 0.717) is 5.92 Å². The molecular formula is C17H21N3O. The summed E-state index contributed by atoms with van der Waals surface area (Å²) in [6.45, 7) is 8.06. The molecule has 2 N–H and O–H groups in total. The molecule has 1 aromatic rings. The number of carbonyl (C=O) groups excluding carboxylic acids is 1. The highest BCUT2D eigenvalue weighted by Crippen LogP contribution is 2.26. The maximum absolute atomic E-state index is 11.8. The van der Waals surface area contributed by atoms with Gasteiger partial charge in [0.1, 0.15) is 0 Å². The number of hydrogen-bond acceptors (Lipinski definition) is 2. The molecule has 1 aromatic carbocycles. The second-order valence-corrected chi connectivity index (χ2v) is 5.36. The average molecular weight is 283 g/mol. The fourth-order valence-corrected chi connectivity index (χ4v) is 2.22. The maximum atomic E-state index is 11.8. The summed E-state index contributed by atoms with van der Waals surface area (Å²) in [6, 6.07) is 8.96. The molecule has 2 rings (SSSR count). The molecule has 4 heteroatoms. The second-order valence-electron chi connectivity index (χ2n) is 5.36. The van der Waals surface area contributed by atoms with Gasteiger partial charge in [0.05, 0.1) is 5.71 Å². The lowest BCUT2D eigenvalue weighted by molar-refractivity contribution is 0.252. The molecule has 0 heterocycles. The van der Waals surface area contributed by atoms with Crippen molar-refractivity contribution in [2.75, 3.05) is 5.32 Å². The second kappa shape index (κ2) is 6.88. The van der Waals surface area contributed by atoms with Crippen molar-refractivity contribution in [1.29, 1.82) is 0 Å². The van der Waals surface area contributed by atoms with Gasteiger partial charge in [-0.1, -0.05) is 36.4 Å². The molecule has 0 radical (unpaired) electrons. The van der Waals surface area contributed by atoms with Gasteiger partial charge in [-0.2, -0.15) is 5.10 Å². The van der Waals surface area contributed by atoms with Gasteiger partial charge in [0, 0.05) is 5.69 Å². The van der Waals surface area contributed by atoms with E-state index in [1.807, 2.05) is 44.2 Å². The van der Waals surface area contributed by atoms with Gasteiger partial charge in [-0.3, -0.25) is 0 Å². The lowest BCUT2D eigenvalue weighted by Crippen LogP contribution is -2.27. The van der Waals surface area contributed by atoms with Crippen LogP contribution < -0.4 is 10.7 Å². The highest BCUT2D eigenvalue weighted by atomic mass is 16.2. The van der Waals surface area contributed by atoms with Gasteiger partial charge >= 0.3 is 6.03 Å². The number of amides is 2. The number of nitrogens with zero attached hydrogens (tertiary/aromatic N) is 1. The maximum Gasteiger partial charge on any atom is 0.339 e. The Morgan fingerprint density at radius 2 is 2.05 bits per heavy atom. The topological polar surface area (TPSA) is 53.5 Å². The summed E-state index contributed by atoms with van der Waals surface area (Å²) in [7, 11) is 0. The Labute approximate surface area is 125 Å². The van der Waals surface area contributed by atoms with Crippen LogP contribution in [0.3, 0.4) is 0 Å². The van der Waals surface area contributed by atoms with Crippen molar-refractivity contribution in [3.05, 3.63) is 54.1 Å². The summed E-state index contributed by atoms with van der Waals surface area (Å²) < 4.78 is 0. The van der Waals surface area contributed by atoms with Gasteiger partial charge in [-0.05, 0) is 50.3 Å². The van der Waals surface area contributed by atoms with Crippen LogP contribution in [-0.4, -0.2) is 11.7 Å². The predicted octanol–water partition coefficient (Wildman–Crippen LogP) is 4.10. The van der Waals surface area contributed by atoms with Gasteiger partial charge in [0.2, 0.25) is 0 Å². The van der Waals surface area contributed by atoms with Crippen molar-refractivity contribution in [3.8, 4) is 0 Å². The van der Waals surface area contributed by atoms with E-state index in [0.717, 1.165) is 35.4 Å². The first-order valence-corrected chi connectivity index (χ1v) is 7.07. The fourth-order valence-electron chi connectivity index (χ4n) is 2.22. The molecule has 1 atom stereocenters. The monoisotopic (exact) mass is 283 g/mol. The number of anilines is 1. The van der Waals surface area contributed by atoms with E-state index in [4.69, 9.17) is 0 Å². The molecule has 0 aliphatic heterocycles. The first kappa shape index (κ1) is 15.0. The quantitative estimate of drug-likeness (QED) is 0.637. The molecule has 21 heavy (non-hydrogen) atoms. The highest BCUT2D eigenvalue weighted by molar-refractivity contribution is 6.01. The largest absolute Gasteiger partial charge is 0.339 e. The number of carbonyl (C=O) groups is 1. The molecule has 0 fully saturated rings. The van der Waals surface area contributed by atoms with E-state index in [-0.39, 0.29) is 6.03 Å². The molecule has 0 saturated heterocycles. The summed E-state index contributed by atoms with van der Waals surface area (Å²) in [5, 5.41) is 6.97. The Balaban J connectivity index is 1.96. The zero-order valence-corrected chi connectivity index (χ0v) is 12.5. The molecule has 110 valence electrons. The molecule has 4 nitrogen and oxygen atoms in total. The van der Waals surface area contributed by atoms with E-state index in [2.05, 4.69) is 28.5 Å². The van der Waals surface area contributed by atoms with E-state index in [1.165, 1.54) is 0 Å². The number of hydrazone groups is 1. The van der Waals surface area contributed by atoms with Crippen LogP contribution in [0.4, 0.5) is 10.5 Å². The molecule has 0 spiro atoms. The standard InChI is InChI=1S/C17H21N3O/c1-12(2)14-10-9-13(3)16(11-14)19-20-17(21)18-15-7-5-4-6-8-15/h4-9,14H,1,10-11H2,2-3H3,(H2,18,20,21). The minimum absolute atomic E-state index is 0.334. The predicted molar refractivity (Wildman–Crippen MR) is 87.3 cm³/mol. The molecular weight excluding hydrogens is 262 g/mol. The SMILES string of the molecule is C=C(C)C1CC=C(C)C(=NNC(=O)Nc2ccccc2)C1. The lowest BCUT2D eigenvalue weighted by atomic mass is 9.85. The number of allylic oxidation sites excluding steroid dienone is 3. The van der Waals surface area contributed by atoms with Crippen LogP contribution in [-0.2, 0) is 0 Å². The Bertz CT molecular complexity index is 587. The normalized spacial score (nSPS) is 19.8. The Morgan fingerprint density at radius 1 is 1.33 bits per heavy atom. The van der Waals surface area contributed by atoms with Crippen molar-refractivity contribution >= 4 is 17.4 Å².